The fourth-order valence-electron chi connectivity index (χ4n) is 3.61. The van der Waals surface area contributed by atoms with E-state index in [1.807, 2.05) is 30.3 Å². The second-order valence-corrected chi connectivity index (χ2v) is 8.25. The van der Waals surface area contributed by atoms with Crippen molar-refractivity contribution in [3.8, 4) is 11.5 Å². The third-order valence-corrected chi connectivity index (χ3v) is 5.44. The van der Waals surface area contributed by atoms with Gasteiger partial charge in [-0.1, -0.05) is 26.0 Å². The number of nitrogens with one attached hydrogen (secondary N) is 1. The van der Waals surface area contributed by atoms with E-state index in [4.69, 9.17) is 25.2 Å². The van der Waals surface area contributed by atoms with Crippen LogP contribution in [-0.4, -0.2) is 47.5 Å². The molecule has 0 spiro atoms. The lowest BCUT2D eigenvalue weighted by Gasteiger charge is -2.08. The molecule has 0 saturated carbocycles. The van der Waals surface area contributed by atoms with Crippen molar-refractivity contribution in [3.05, 3.63) is 53.6 Å². The number of nitrogens with two attached hydrogens (primary N) is 1. The summed E-state index contributed by atoms with van der Waals surface area (Å²) in [6.45, 7) is 4.75. The number of rotatable bonds is 8. The van der Waals surface area contributed by atoms with E-state index in [1.54, 1.807) is 32.6 Å². The van der Waals surface area contributed by atoms with Crippen molar-refractivity contribution in [1.82, 2.24) is 20.0 Å². The number of hydrogen-bond donors (Lipinski definition) is 2. The zero-order valence-corrected chi connectivity index (χ0v) is 19.7. The second-order valence-electron chi connectivity index (χ2n) is 8.25. The first kappa shape index (κ1) is 23.0. The lowest BCUT2D eigenvalue weighted by Crippen LogP contribution is -2.26. The lowest BCUT2D eigenvalue weighted by atomic mass is 10.1. The Bertz CT molecular complexity index is 1380. The van der Waals surface area contributed by atoms with Crippen LogP contribution < -0.4 is 20.5 Å². The fourth-order valence-corrected chi connectivity index (χ4v) is 3.61. The molecule has 3 N–H and O–H groups in total. The topological polar surface area (TPSA) is 117 Å². The van der Waals surface area contributed by atoms with E-state index in [0.29, 0.717) is 46.2 Å². The van der Waals surface area contributed by atoms with Gasteiger partial charge in [0.1, 0.15) is 16.9 Å². The molecular weight excluding hydrogens is 432 g/mol. The molecule has 0 radical (unpaired) electrons. The molecule has 0 bridgehead atoms. The number of carbonyl (C=O) groups excluding carboxylic acids is 1. The van der Waals surface area contributed by atoms with Gasteiger partial charge in [0, 0.05) is 6.54 Å². The lowest BCUT2D eigenvalue weighted by molar-refractivity contribution is 0.0954. The molecule has 9 nitrogen and oxygen atoms in total. The summed E-state index contributed by atoms with van der Waals surface area (Å²) in [7, 11) is 3.15. The van der Waals surface area contributed by atoms with Crippen LogP contribution in [0.4, 0.5) is 5.82 Å². The molecular formula is C25H28N6O3. The zero-order chi connectivity index (χ0) is 24.2. The summed E-state index contributed by atoms with van der Waals surface area (Å²) < 4.78 is 12.1. The van der Waals surface area contributed by atoms with Crippen molar-refractivity contribution in [1.29, 1.82) is 0 Å². The number of carbonyl (C=O) groups is 1. The van der Waals surface area contributed by atoms with Gasteiger partial charge in [0.05, 0.1) is 31.5 Å². The number of fused-ring (bicyclic) bond motifs is 2. The number of ether oxygens (including phenoxy) is 2. The first-order chi connectivity index (χ1) is 16.4. The summed E-state index contributed by atoms with van der Waals surface area (Å²) >= 11 is 0. The highest BCUT2D eigenvalue weighted by atomic mass is 16.5. The molecule has 0 aliphatic rings. The summed E-state index contributed by atoms with van der Waals surface area (Å²) in [5.74, 6) is 1.53. The average Bonchev–Trinajstić information content (AvgIpc) is 3.10. The predicted molar refractivity (Wildman–Crippen MR) is 134 cm³/mol. The van der Waals surface area contributed by atoms with Crippen LogP contribution in [0.15, 0.2) is 47.6 Å². The Hall–Kier alpha value is -4.14. The highest BCUT2D eigenvalue weighted by Gasteiger charge is 2.24. The van der Waals surface area contributed by atoms with E-state index in [-0.39, 0.29) is 17.3 Å². The highest BCUT2D eigenvalue weighted by Crippen LogP contribution is 2.29. The SMILES string of the molecule is COc1ccc(C=Nn2c(N)c(C(=O)NCCC(C)C)c3nc4ccccc4nc32)cc1OC. The largest absolute Gasteiger partial charge is 0.493 e. The summed E-state index contributed by atoms with van der Waals surface area (Å²) in [6, 6.07) is 12.9. The average molecular weight is 461 g/mol. The van der Waals surface area contributed by atoms with Gasteiger partial charge in [0.2, 0.25) is 0 Å². The molecule has 34 heavy (non-hydrogen) atoms. The summed E-state index contributed by atoms with van der Waals surface area (Å²) in [4.78, 5) is 22.5. The van der Waals surface area contributed by atoms with Crippen molar-refractivity contribution < 1.29 is 14.3 Å². The van der Waals surface area contributed by atoms with Crippen LogP contribution in [0.5, 0.6) is 11.5 Å². The van der Waals surface area contributed by atoms with Crippen LogP contribution in [0.2, 0.25) is 0 Å². The van der Waals surface area contributed by atoms with Crippen LogP contribution in [0.1, 0.15) is 36.2 Å². The minimum atomic E-state index is -0.298. The van der Waals surface area contributed by atoms with Crippen molar-refractivity contribution >= 4 is 40.1 Å². The molecule has 176 valence electrons. The van der Waals surface area contributed by atoms with E-state index < -0.39 is 0 Å². The first-order valence-corrected chi connectivity index (χ1v) is 11.0. The summed E-state index contributed by atoms with van der Waals surface area (Å²) in [6.07, 6.45) is 2.48. The molecule has 0 saturated heterocycles. The molecule has 2 aromatic carbocycles. The van der Waals surface area contributed by atoms with Crippen LogP contribution in [0.25, 0.3) is 22.2 Å². The smallest absolute Gasteiger partial charge is 0.257 e. The number of para-hydroxylation sites is 2. The maximum absolute atomic E-state index is 13.1. The monoisotopic (exact) mass is 460 g/mol. The molecule has 0 atom stereocenters. The minimum absolute atomic E-state index is 0.170. The standard InChI is InChI=1S/C25H28N6O3/c1-15(2)11-12-27-25(32)21-22-24(30-18-8-6-5-7-17(18)29-22)31(23(21)26)28-14-16-9-10-19(33-3)20(13-16)34-4/h5-10,13-15H,11-12,26H2,1-4H3,(H,27,32). The van der Waals surface area contributed by atoms with Gasteiger partial charge >= 0.3 is 0 Å². The minimum Gasteiger partial charge on any atom is -0.493 e. The number of nitrogen functional groups attached to an aromatic ring is 1. The first-order valence-electron chi connectivity index (χ1n) is 11.0. The molecule has 4 aromatic rings. The Morgan fingerprint density at radius 1 is 1.12 bits per heavy atom. The van der Waals surface area contributed by atoms with Gasteiger partial charge in [0.25, 0.3) is 5.91 Å². The number of methoxy groups -OCH3 is 2. The van der Waals surface area contributed by atoms with Crippen LogP contribution in [0, 0.1) is 5.92 Å². The molecule has 1 amide bonds. The van der Waals surface area contributed by atoms with E-state index >= 15 is 0 Å². The molecule has 4 rings (SSSR count). The Balaban J connectivity index is 1.81. The Morgan fingerprint density at radius 3 is 2.50 bits per heavy atom. The fraction of sp³-hybridized carbons (Fsp3) is 0.280. The van der Waals surface area contributed by atoms with E-state index in [2.05, 4.69) is 24.3 Å². The van der Waals surface area contributed by atoms with E-state index in [0.717, 1.165) is 12.0 Å². The molecule has 0 unspecified atom stereocenters. The second kappa shape index (κ2) is 9.78. The number of amides is 1. The number of hydrogen-bond acceptors (Lipinski definition) is 7. The number of anilines is 1. The van der Waals surface area contributed by atoms with Crippen LogP contribution in [0.3, 0.4) is 0 Å². The molecule has 2 aromatic heterocycles. The van der Waals surface area contributed by atoms with Gasteiger partial charge in [-0.05, 0) is 48.2 Å². The van der Waals surface area contributed by atoms with E-state index in [1.165, 1.54) is 4.68 Å². The van der Waals surface area contributed by atoms with Gasteiger partial charge in [-0.15, -0.1) is 0 Å². The molecule has 2 heterocycles. The summed E-state index contributed by atoms with van der Waals surface area (Å²) in [5, 5.41) is 7.49. The quantitative estimate of drug-likeness (QED) is 0.386. The van der Waals surface area contributed by atoms with Gasteiger partial charge in [-0.3, -0.25) is 4.79 Å². The van der Waals surface area contributed by atoms with Crippen LogP contribution in [-0.2, 0) is 0 Å². The zero-order valence-electron chi connectivity index (χ0n) is 19.7. The van der Waals surface area contributed by atoms with Crippen molar-refractivity contribution in [2.24, 2.45) is 11.0 Å². The Labute approximate surface area is 197 Å². The molecule has 0 fully saturated rings. The number of aromatic nitrogens is 3. The molecule has 9 heteroatoms. The van der Waals surface area contributed by atoms with Crippen molar-refractivity contribution in [3.63, 3.8) is 0 Å². The normalized spacial score (nSPS) is 11.6. The molecule has 0 aliphatic carbocycles. The predicted octanol–water partition coefficient (Wildman–Crippen LogP) is 3.84. The summed E-state index contributed by atoms with van der Waals surface area (Å²) in [5.41, 5.74) is 9.63. The molecule has 0 aliphatic heterocycles. The van der Waals surface area contributed by atoms with Crippen LogP contribution >= 0.6 is 0 Å². The number of benzene rings is 2. The van der Waals surface area contributed by atoms with Crippen molar-refractivity contribution in [2.45, 2.75) is 20.3 Å². The maximum Gasteiger partial charge on any atom is 0.257 e. The maximum atomic E-state index is 13.1. The van der Waals surface area contributed by atoms with Gasteiger partial charge < -0.3 is 20.5 Å². The van der Waals surface area contributed by atoms with Crippen molar-refractivity contribution in [2.75, 3.05) is 26.5 Å². The number of nitrogens with zero attached hydrogens (tertiary/aromatic N) is 4. The third kappa shape index (κ3) is 4.50. The van der Waals surface area contributed by atoms with Gasteiger partial charge in [-0.25, -0.2) is 9.97 Å². The highest BCUT2D eigenvalue weighted by molar-refractivity contribution is 6.10. The third-order valence-electron chi connectivity index (χ3n) is 5.44. The van der Waals surface area contributed by atoms with E-state index in [9.17, 15) is 4.79 Å². The van der Waals surface area contributed by atoms with Gasteiger partial charge in [-0.2, -0.15) is 9.78 Å². The Morgan fingerprint density at radius 2 is 1.82 bits per heavy atom. The van der Waals surface area contributed by atoms with Gasteiger partial charge in [0.15, 0.2) is 17.1 Å². The Kier molecular flexibility index (Phi) is 6.62.